The van der Waals surface area contributed by atoms with E-state index < -0.39 is 0 Å². The van der Waals surface area contributed by atoms with E-state index in [0.717, 1.165) is 0 Å². The lowest BCUT2D eigenvalue weighted by atomic mass is 9.85. The average Bonchev–Trinajstić information content (AvgIpc) is 2.90. The van der Waals surface area contributed by atoms with Crippen LogP contribution in [0.5, 0.6) is 0 Å². The van der Waals surface area contributed by atoms with Crippen LogP contribution in [0.3, 0.4) is 0 Å². The first kappa shape index (κ1) is 13.8. The predicted octanol–water partition coefficient (Wildman–Crippen LogP) is 6.76. The highest BCUT2D eigenvalue weighted by atomic mass is 14.3. The summed E-state index contributed by atoms with van der Waals surface area (Å²) in [5.74, 6) is 1.08. The lowest BCUT2D eigenvalue weighted by molar-refractivity contribution is 0.574. The summed E-state index contributed by atoms with van der Waals surface area (Å²) in [6, 6.07) is 27.0. The van der Waals surface area contributed by atoms with Crippen molar-refractivity contribution in [2.75, 3.05) is 0 Å². The predicted molar refractivity (Wildman–Crippen MR) is 104 cm³/mol. The van der Waals surface area contributed by atoms with Crippen molar-refractivity contribution in [3.8, 4) is 11.1 Å². The third kappa shape index (κ3) is 1.86. The smallest absolute Gasteiger partial charge is 0.0125 e. The molecule has 0 nitrogen and oxygen atoms in total. The van der Waals surface area contributed by atoms with E-state index in [4.69, 9.17) is 0 Å². The fourth-order valence-corrected chi connectivity index (χ4v) is 4.38. The standard InChI is InChI=1S/C24H20/c1-15(2)24-22-13-18-9-5-3-7-16(18)11-20(22)21-12-17-8-4-6-10-19(17)14-23(21)24/h3-15,24H,1-2H3. The molecule has 0 N–H and O–H groups in total. The highest BCUT2D eigenvalue weighted by molar-refractivity contribution is 5.97. The molecule has 0 bridgehead atoms. The van der Waals surface area contributed by atoms with E-state index in [1.165, 1.54) is 43.8 Å². The first-order valence-corrected chi connectivity index (χ1v) is 8.78. The summed E-state index contributed by atoms with van der Waals surface area (Å²) in [7, 11) is 0. The molecule has 0 atom stereocenters. The molecule has 0 saturated carbocycles. The van der Waals surface area contributed by atoms with E-state index in [-0.39, 0.29) is 0 Å². The third-order valence-corrected chi connectivity index (χ3v) is 5.46. The van der Waals surface area contributed by atoms with Crippen LogP contribution in [0.25, 0.3) is 32.7 Å². The summed E-state index contributed by atoms with van der Waals surface area (Å²) in [6.45, 7) is 4.68. The quantitative estimate of drug-likeness (QED) is 0.364. The Labute approximate surface area is 142 Å². The van der Waals surface area contributed by atoms with E-state index in [2.05, 4.69) is 86.6 Å². The van der Waals surface area contributed by atoms with Gasteiger partial charge >= 0.3 is 0 Å². The van der Waals surface area contributed by atoms with Gasteiger partial charge in [0.15, 0.2) is 0 Å². The lowest BCUT2D eigenvalue weighted by Gasteiger charge is -2.18. The summed E-state index contributed by atoms with van der Waals surface area (Å²) in [5.41, 5.74) is 5.84. The summed E-state index contributed by atoms with van der Waals surface area (Å²) in [6.07, 6.45) is 0. The van der Waals surface area contributed by atoms with E-state index in [1.54, 1.807) is 0 Å². The summed E-state index contributed by atoms with van der Waals surface area (Å²) in [4.78, 5) is 0. The van der Waals surface area contributed by atoms with Crippen molar-refractivity contribution in [1.82, 2.24) is 0 Å². The van der Waals surface area contributed by atoms with Crippen molar-refractivity contribution in [3.05, 3.63) is 83.9 Å². The van der Waals surface area contributed by atoms with Gasteiger partial charge in [0.25, 0.3) is 0 Å². The Balaban J connectivity index is 1.88. The van der Waals surface area contributed by atoms with Crippen molar-refractivity contribution in [2.45, 2.75) is 19.8 Å². The topological polar surface area (TPSA) is 0 Å². The minimum absolute atomic E-state index is 0.490. The summed E-state index contributed by atoms with van der Waals surface area (Å²) < 4.78 is 0. The van der Waals surface area contributed by atoms with Crippen LogP contribution in [0, 0.1) is 5.92 Å². The highest BCUT2D eigenvalue weighted by Gasteiger charge is 2.31. The molecule has 0 unspecified atom stereocenters. The van der Waals surface area contributed by atoms with Gasteiger partial charge in [0.2, 0.25) is 0 Å². The highest BCUT2D eigenvalue weighted by Crippen LogP contribution is 2.50. The summed E-state index contributed by atoms with van der Waals surface area (Å²) >= 11 is 0. The van der Waals surface area contributed by atoms with E-state index in [9.17, 15) is 0 Å². The molecule has 24 heavy (non-hydrogen) atoms. The van der Waals surface area contributed by atoms with Crippen molar-refractivity contribution in [1.29, 1.82) is 0 Å². The van der Waals surface area contributed by atoms with Gasteiger partial charge in [-0.2, -0.15) is 0 Å². The molecule has 0 aromatic heterocycles. The zero-order valence-electron chi connectivity index (χ0n) is 14.1. The van der Waals surface area contributed by atoms with Crippen molar-refractivity contribution < 1.29 is 0 Å². The Hall–Kier alpha value is -2.60. The number of fused-ring (bicyclic) bond motifs is 5. The first-order valence-electron chi connectivity index (χ1n) is 8.78. The van der Waals surface area contributed by atoms with E-state index in [1.807, 2.05) is 0 Å². The molecule has 1 aliphatic carbocycles. The maximum Gasteiger partial charge on any atom is 0.0125 e. The molecular formula is C24H20. The second-order valence-electron chi connectivity index (χ2n) is 7.29. The van der Waals surface area contributed by atoms with Crippen LogP contribution >= 0.6 is 0 Å². The van der Waals surface area contributed by atoms with Gasteiger partial charge in [-0.3, -0.25) is 0 Å². The SMILES string of the molecule is CC(C)C1c2cc3ccccc3cc2-c2cc3ccccc3cc21. The largest absolute Gasteiger partial charge is 0.0619 e. The fourth-order valence-electron chi connectivity index (χ4n) is 4.38. The summed E-state index contributed by atoms with van der Waals surface area (Å²) in [5, 5.41) is 5.36. The van der Waals surface area contributed by atoms with Crippen molar-refractivity contribution in [3.63, 3.8) is 0 Å². The molecule has 4 aromatic rings. The third-order valence-electron chi connectivity index (χ3n) is 5.46. The Kier molecular flexibility index (Phi) is 2.84. The van der Waals surface area contributed by atoms with Crippen LogP contribution in [0.15, 0.2) is 72.8 Å². The fraction of sp³-hybridized carbons (Fsp3) is 0.167. The van der Waals surface area contributed by atoms with Crippen LogP contribution < -0.4 is 0 Å². The van der Waals surface area contributed by atoms with Crippen LogP contribution in [0.2, 0.25) is 0 Å². The van der Waals surface area contributed by atoms with Gasteiger partial charge < -0.3 is 0 Å². The van der Waals surface area contributed by atoms with Gasteiger partial charge in [-0.05, 0) is 74.0 Å². The molecule has 1 aliphatic rings. The second kappa shape index (κ2) is 4.95. The van der Waals surface area contributed by atoms with Gasteiger partial charge in [0.1, 0.15) is 0 Å². The van der Waals surface area contributed by atoms with Crippen LogP contribution in [-0.4, -0.2) is 0 Å². The van der Waals surface area contributed by atoms with Crippen molar-refractivity contribution in [2.24, 2.45) is 5.92 Å². The Morgan fingerprint density at radius 1 is 0.583 bits per heavy atom. The molecule has 0 heterocycles. The lowest BCUT2D eigenvalue weighted by Crippen LogP contribution is -2.04. The van der Waals surface area contributed by atoms with Gasteiger partial charge in [0.05, 0.1) is 0 Å². The molecular weight excluding hydrogens is 288 g/mol. The first-order chi connectivity index (χ1) is 11.7. The van der Waals surface area contributed by atoms with Crippen molar-refractivity contribution >= 4 is 21.5 Å². The molecule has 0 radical (unpaired) electrons. The Bertz CT molecular complexity index is 1000. The van der Waals surface area contributed by atoms with E-state index in [0.29, 0.717) is 11.8 Å². The maximum absolute atomic E-state index is 2.42. The molecule has 116 valence electrons. The molecule has 5 rings (SSSR count). The van der Waals surface area contributed by atoms with E-state index >= 15 is 0 Å². The Morgan fingerprint density at radius 2 is 0.958 bits per heavy atom. The Morgan fingerprint density at radius 3 is 1.33 bits per heavy atom. The van der Waals surface area contributed by atoms with Gasteiger partial charge in [-0.25, -0.2) is 0 Å². The van der Waals surface area contributed by atoms with Crippen LogP contribution in [-0.2, 0) is 0 Å². The normalized spacial score (nSPS) is 13.6. The minimum atomic E-state index is 0.490. The zero-order valence-corrected chi connectivity index (χ0v) is 14.1. The van der Waals surface area contributed by atoms with Crippen LogP contribution in [0.1, 0.15) is 30.9 Å². The molecule has 0 saturated heterocycles. The maximum atomic E-state index is 2.42. The van der Waals surface area contributed by atoms with Gasteiger partial charge in [-0.15, -0.1) is 0 Å². The molecule has 0 fully saturated rings. The van der Waals surface area contributed by atoms with Gasteiger partial charge in [0, 0.05) is 5.92 Å². The average molecular weight is 308 g/mol. The molecule has 0 aliphatic heterocycles. The minimum Gasteiger partial charge on any atom is -0.0619 e. The number of hydrogen-bond acceptors (Lipinski definition) is 0. The molecule has 0 spiro atoms. The van der Waals surface area contributed by atoms with Gasteiger partial charge in [-0.1, -0.05) is 62.4 Å². The number of benzene rings is 4. The molecule has 0 heteroatoms. The molecule has 0 amide bonds. The monoisotopic (exact) mass is 308 g/mol. The van der Waals surface area contributed by atoms with Crippen LogP contribution in [0.4, 0.5) is 0 Å². The second-order valence-corrected chi connectivity index (χ2v) is 7.29. The number of hydrogen-bond donors (Lipinski definition) is 0. The number of rotatable bonds is 1. The zero-order chi connectivity index (χ0) is 16.3. The molecule has 4 aromatic carbocycles.